The molecule has 0 radical (unpaired) electrons. The molecule has 3 aromatic rings. The van der Waals surface area contributed by atoms with E-state index in [0.717, 1.165) is 11.1 Å². The summed E-state index contributed by atoms with van der Waals surface area (Å²) >= 11 is 0. The van der Waals surface area contributed by atoms with Crippen molar-refractivity contribution in [3.8, 4) is 5.75 Å². The molecule has 2 aromatic carbocycles. The number of benzene rings is 2. The highest BCUT2D eigenvalue weighted by molar-refractivity contribution is 5.85. The fourth-order valence-electron chi connectivity index (χ4n) is 2.86. The van der Waals surface area contributed by atoms with Crippen LogP contribution in [0.5, 0.6) is 5.75 Å². The van der Waals surface area contributed by atoms with Crippen molar-refractivity contribution in [1.82, 2.24) is 4.57 Å². The summed E-state index contributed by atoms with van der Waals surface area (Å²) in [6.07, 6.45) is -3.37. The van der Waals surface area contributed by atoms with E-state index in [0.29, 0.717) is 6.61 Å². The van der Waals surface area contributed by atoms with Gasteiger partial charge in [-0.15, -0.1) is 13.2 Å². The van der Waals surface area contributed by atoms with Crippen LogP contribution in [-0.4, -0.2) is 18.0 Å². The Balaban J connectivity index is 2.09. The van der Waals surface area contributed by atoms with Gasteiger partial charge in [0.2, 0.25) is 0 Å². The number of para-hydroxylation sites is 1. The maximum absolute atomic E-state index is 12.7. The average Bonchev–Trinajstić information content (AvgIpc) is 2.57. The van der Waals surface area contributed by atoms with Gasteiger partial charge in [-0.25, -0.2) is 0 Å². The van der Waals surface area contributed by atoms with Gasteiger partial charge in [0, 0.05) is 31.3 Å². The molecule has 0 atom stereocenters. The number of ether oxygens (including phenoxy) is 2. The second-order valence-corrected chi connectivity index (χ2v) is 5.76. The van der Waals surface area contributed by atoms with Crippen molar-refractivity contribution in [2.45, 2.75) is 19.5 Å². The Morgan fingerprint density at radius 2 is 1.77 bits per heavy atom. The molecule has 0 aliphatic heterocycles. The number of hydrogen-bond acceptors (Lipinski definition) is 3. The molecular weight excluding hydrogens is 347 g/mol. The SMILES string of the molecule is COCc1cccc(Cn2ccc(=O)c3cccc(OC(F)(F)F)c32)c1. The standard InChI is InChI=1S/C19H16F3NO3/c1-25-12-14-5-2-4-13(10-14)11-23-9-8-16(24)15-6-3-7-17(18(15)23)26-19(20,21)22/h2-10H,11-12H2,1H3. The quantitative estimate of drug-likeness (QED) is 0.685. The van der Waals surface area contributed by atoms with Gasteiger partial charge < -0.3 is 14.0 Å². The summed E-state index contributed by atoms with van der Waals surface area (Å²) in [5.41, 5.74) is 1.56. The minimum Gasteiger partial charge on any atom is -0.404 e. The minimum absolute atomic E-state index is 0.106. The van der Waals surface area contributed by atoms with E-state index in [-0.39, 0.29) is 22.9 Å². The van der Waals surface area contributed by atoms with Crippen molar-refractivity contribution >= 4 is 10.9 Å². The number of fused-ring (bicyclic) bond motifs is 1. The Bertz CT molecular complexity index is 980. The largest absolute Gasteiger partial charge is 0.573 e. The van der Waals surface area contributed by atoms with E-state index >= 15 is 0 Å². The highest BCUT2D eigenvalue weighted by Gasteiger charge is 2.32. The predicted molar refractivity (Wildman–Crippen MR) is 91.1 cm³/mol. The van der Waals surface area contributed by atoms with Crippen LogP contribution in [0.3, 0.4) is 0 Å². The first-order valence-electron chi connectivity index (χ1n) is 7.82. The maximum atomic E-state index is 12.7. The number of halogens is 3. The summed E-state index contributed by atoms with van der Waals surface area (Å²) < 4.78 is 49.0. The van der Waals surface area contributed by atoms with E-state index in [4.69, 9.17) is 4.74 Å². The van der Waals surface area contributed by atoms with Crippen molar-refractivity contribution in [3.05, 3.63) is 76.1 Å². The molecule has 4 nitrogen and oxygen atoms in total. The van der Waals surface area contributed by atoms with Crippen LogP contribution >= 0.6 is 0 Å². The minimum atomic E-state index is -4.84. The van der Waals surface area contributed by atoms with Crippen molar-refractivity contribution in [3.63, 3.8) is 0 Å². The Morgan fingerprint density at radius 1 is 1.04 bits per heavy atom. The lowest BCUT2D eigenvalue weighted by Gasteiger charge is -2.16. The molecule has 136 valence electrons. The zero-order chi connectivity index (χ0) is 18.7. The number of hydrogen-bond donors (Lipinski definition) is 0. The molecule has 0 N–H and O–H groups in total. The third-order valence-electron chi connectivity index (χ3n) is 3.84. The van der Waals surface area contributed by atoms with E-state index in [1.54, 1.807) is 11.7 Å². The summed E-state index contributed by atoms with van der Waals surface area (Å²) in [5, 5.41) is 0.169. The van der Waals surface area contributed by atoms with Gasteiger partial charge in [0.25, 0.3) is 0 Å². The Hall–Kier alpha value is -2.80. The fraction of sp³-hybridized carbons (Fsp3) is 0.211. The molecule has 26 heavy (non-hydrogen) atoms. The molecule has 0 saturated heterocycles. The van der Waals surface area contributed by atoms with Gasteiger partial charge in [0.15, 0.2) is 11.2 Å². The molecule has 0 fully saturated rings. The van der Waals surface area contributed by atoms with Gasteiger partial charge in [0.1, 0.15) is 0 Å². The molecule has 0 bridgehead atoms. The van der Waals surface area contributed by atoms with Crippen molar-refractivity contribution in [2.75, 3.05) is 7.11 Å². The lowest BCUT2D eigenvalue weighted by molar-refractivity contribution is -0.274. The smallest absolute Gasteiger partial charge is 0.404 e. The first-order valence-corrected chi connectivity index (χ1v) is 7.82. The molecule has 1 heterocycles. The zero-order valence-electron chi connectivity index (χ0n) is 13.9. The van der Waals surface area contributed by atoms with Crippen LogP contribution in [0.2, 0.25) is 0 Å². The normalized spacial score (nSPS) is 11.7. The van der Waals surface area contributed by atoms with Crippen LogP contribution in [0.25, 0.3) is 10.9 Å². The van der Waals surface area contributed by atoms with E-state index in [1.807, 2.05) is 24.3 Å². The molecule has 0 aliphatic carbocycles. The summed E-state index contributed by atoms with van der Waals surface area (Å²) in [5.74, 6) is -0.402. The lowest BCUT2D eigenvalue weighted by Crippen LogP contribution is -2.19. The molecule has 1 aromatic heterocycles. The average molecular weight is 363 g/mol. The molecule has 0 aliphatic rings. The van der Waals surface area contributed by atoms with Crippen LogP contribution in [0.1, 0.15) is 11.1 Å². The molecule has 7 heteroatoms. The van der Waals surface area contributed by atoms with Gasteiger partial charge in [-0.05, 0) is 23.3 Å². The third kappa shape index (κ3) is 4.05. The third-order valence-corrected chi connectivity index (χ3v) is 3.84. The number of methoxy groups -OCH3 is 1. The van der Waals surface area contributed by atoms with Crippen molar-refractivity contribution < 1.29 is 22.6 Å². The first-order chi connectivity index (χ1) is 12.4. The highest BCUT2D eigenvalue weighted by atomic mass is 19.4. The number of pyridine rings is 1. The first kappa shape index (κ1) is 18.0. The Kier molecular flexibility index (Phi) is 4.99. The van der Waals surface area contributed by atoms with Crippen LogP contribution in [0, 0.1) is 0 Å². The number of aromatic nitrogens is 1. The van der Waals surface area contributed by atoms with Gasteiger partial charge >= 0.3 is 6.36 Å². The Labute approximate surface area is 147 Å². The maximum Gasteiger partial charge on any atom is 0.573 e. The van der Waals surface area contributed by atoms with Gasteiger partial charge in [-0.1, -0.05) is 30.3 Å². The highest BCUT2D eigenvalue weighted by Crippen LogP contribution is 2.29. The number of alkyl halides is 3. The topological polar surface area (TPSA) is 40.5 Å². The van der Waals surface area contributed by atoms with E-state index in [1.165, 1.54) is 30.5 Å². The molecular formula is C19H16F3NO3. The molecule has 0 saturated carbocycles. The lowest BCUT2D eigenvalue weighted by atomic mass is 10.1. The van der Waals surface area contributed by atoms with Crippen LogP contribution in [-0.2, 0) is 17.9 Å². The van der Waals surface area contributed by atoms with Gasteiger partial charge in [0.05, 0.1) is 12.1 Å². The molecule has 0 unspecified atom stereocenters. The Morgan fingerprint density at radius 3 is 2.50 bits per heavy atom. The fourth-order valence-corrected chi connectivity index (χ4v) is 2.86. The van der Waals surface area contributed by atoms with E-state index < -0.39 is 12.1 Å². The van der Waals surface area contributed by atoms with Crippen molar-refractivity contribution in [1.29, 1.82) is 0 Å². The summed E-state index contributed by atoms with van der Waals surface area (Å²) in [6, 6.07) is 12.9. The predicted octanol–water partition coefficient (Wildman–Crippen LogP) is 4.09. The molecule has 3 rings (SSSR count). The summed E-state index contributed by atoms with van der Waals surface area (Å²) in [6.45, 7) is 0.716. The van der Waals surface area contributed by atoms with Crippen LogP contribution < -0.4 is 10.2 Å². The molecule has 0 spiro atoms. The summed E-state index contributed by atoms with van der Waals surface area (Å²) in [4.78, 5) is 12.1. The second-order valence-electron chi connectivity index (χ2n) is 5.76. The second kappa shape index (κ2) is 7.21. The van der Waals surface area contributed by atoms with Gasteiger partial charge in [-0.3, -0.25) is 4.79 Å². The van der Waals surface area contributed by atoms with Crippen LogP contribution in [0.4, 0.5) is 13.2 Å². The van der Waals surface area contributed by atoms with Crippen LogP contribution in [0.15, 0.2) is 59.5 Å². The van der Waals surface area contributed by atoms with Crippen molar-refractivity contribution in [2.24, 2.45) is 0 Å². The summed E-state index contributed by atoms with van der Waals surface area (Å²) in [7, 11) is 1.59. The van der Waals surface area contributed by atoms with E-state index in [2.05, 4.69) is 4.74 Å². The monoisotopic (exact) mass is 363 g/mol. The van der Waals surface area contributed by atoms with Gasteiger partial charge in [-0.2, -0.15) is 0 Å². The number of nitrogens with zero attached hydrogens (tertiary/aromatic N) is 1. The van der Waals surface area contributed by atoms with E-state index in [9.17, 15) is 18.0 Å². The zero-order valence-corrected chi connectivity index (χ0v) is 13.9. The molecule has 0 amide bonds. The number of rotatable bonds is 5.